The molecule has 0 unspecified atom stereocenters. The fourth-order valence-corrected chi connectivity index (χ4v) is 2.32. The standard InChI is InChI=1S/C12H12N8S/c13-10-16-9(17-11(14)18-10)6-21-12-15-7-20(19-12)8-4-2-1-3-5-8/h1-5,7H,6H2,(H4,13,14,16,17,18). The summed E-state index contributed by atoms with van der Waals surface area (Å²) in [4.78, 5) is 16.0. The molecular weight excluding hydrogens is 288 g/mol. The summed E-state index contributed by atoms with van der Waals surface area (Å²) < 4.78 is 1.71. The van der Waals surface area contributed by atoms with Gasteiger partial charge in [-0.25, -0.2) is 9.67 Å². The van der Waals surface area contributed by atoms with E-state index in [-0.39, 0.29) is 11.9 Å². The third kappa shape index (κ3) is 3.26. The number of benzene rings is 1. The average molecular weight is 300 g/mol. The van der Waals surface area contributed by atoms with Gasteiger partial charge in [0.15, 0.2) is 0 Å². The van der Waals surface area contributed by atoms with Gasteiger partial charge in [0.1, 0.15) is 12.2 Å². The van der Waals surface area contributed by atoms with Gasteiger partial charge in [-0.15, -0.1) is 5.10 Å². The molecule has 0 radical (unpaired) electrons. The molecule has 106 valence electrons. The highest BCUT2D eigenvalue weighted by Gasteiger charge is 2.07. The molecule has 0 amide bonds. The normalized spacial score (nSPS) is 10.7. The largest absolute Gasteiger partial charge is 0.368 e. The molecule has 0 saturated heterocycles. The number of anilines is 2. The predicted molar refractivity (Wildman–Crippen MR) is 79.6 cm³/mol. The van der Waals surface area contributed by atoms with E-state index in [1.165, 1.54) is 11.8 Å². The van der Waals surface area contributed by atoms with Crippen molar-refractivity contribution in [2.75, 3.05) is 11.5 Å². The lowest BCUT2D eigenvalue weighted by atomic mass is 10.3. The van der Waals surface area contributed by atoms with Gasteiger partial charge in [-0.2, -0.15) is 15.0 Å². The summed E-state index contributed by atoms with van der Waals surface area (Å²) in [6.07, 6.45) is 1.66. The van der Waals surface area contributed by atoms with Crippen molar-refractivity contribution in [3.63, 3.8) is 0 Å². The quantitative estimate of drug-likeness (QED) is 0.682. The SMILES string of the molecule is Nc1nc(N)nc(CSc2ncn(-c3ccccc3)n2)n1. The molecule has 21 heavy (non-hydrogen) atoms. The lowest BCUT2D eigenvalue weighted by molar-refractivity contribution is 0.833. The van der Waals surface area contributed by atoms with Gasteiger partial charge in [0.05, 0.1) is 11.4 Å². The maximum atomic E-state index is 5.52. The first-order chi connectivity index (χ1) is 10.2. The van der Waals surface area contributed by atoms with Crippen molar-refractivity contribution in [1.29, 1.82) is 0 Å². The summed E-state index contributed by atoms with van der Waals surface area (Å²) >= 11 is 1.40. The number of hydrogen-bond donors (Lipinski definition) is 2. The second kappa shape index (κ2) is 5.75. The van der Waals surface area contributed by atoms with Gasteiger partial charge in [-0.1, -0.05) is 30.0 Å². The molecule has 0 saturated carbocycles. The van der Waals surface area contributed by atoms with Crippen LogP contribution in [0.4, 0.5) is 11.9 Å². The van der Waals surface area contributed by atoms with E-state index in [0.717, 1.165) is 5.69 Å². The lowest BCUT2D eigenvalue weighted by Gasteiger charge is -2.00. The minimum atomic E-state index is 0.112. The van der Waals surface area contributed by atoms with Gasteiger partial charge >= 0.3 is 0 Å². The Hall–Kier alpha value is -2.68. The Morgan fingerprint density at radius 1 is 1.00 bits per heavy atom. The van der Waals surface area contributed by atoms with Crippen LogP contribution in [0, 0.1) is 0 Å². The molecule has 0 atom stereocenters. The molecule has 0 aliphatic rings. The molecule has 1 aromatic carbocycles. The second-order valence-electron chi connectivity index (χ2n) is 4.06. The van der Waals surface area contributed by atoms with Gasteiger partial charge in [0, 0.05) is 0 Å². The highest BCUT2D eigenvalue weighted by Crippen LogP contribution is 2.18. The number of para-hydroxylation sites is 1. The van der Waals surface area contributed by atoms with Crippen LogP contribution in [0.15, 0.2) is 41.8 Å². The highest BCUT2D eigenvalue weighted by molar-refractivity contribution is 7.98. The molecule has 0 fully saturated rings. The summed E-state index contributed by atoms with van der Waals surface area (Å²) in [6.45, 7) is 0. The first-order valence-electron chi connectivity index (χ1n) is 6.06. The first-order valence-corrected chi connectivity index (χ1v) is 7.05. The minimum absolute atomic E-state index is 0.112. The van der Waals surface area contributed by atoms with E-state index in [1.807, 2.05) is 30.3 Å². The van der Waals surface area contributed by atoms with E-state index in [1.54, 1.807) is 11.0 Å². The molecule has 0 aliphatic heterocycles. The van der Waals surface area contributed by atoms with Crippen LogP contribution in [0.5, 0.6) is 0 Å². The molecule has 0 aliphatic carbocycles. The fourth-order valence-electron chi connectivity index (χ4n) is 1.67. The van der Waals surface area contributed by atoms with Crippen molar-refractivity contribution in [1.82, 2.24) is 29.7 Å². The van der Waals surface area contributed by atoms with Crippen LogP contribution < -0.4 is 11.5 Å². The Morgan fingerprint density at radius 2 is 1.71 bits per heavy atom. The molecule has 9 heteroatoms. The van der Waals surface area contributed by atoms with E-state index < -0.39 is 0 Å². The van der Waals surface area contributed by atoms with E-state index in [2.05, 4.69) is 25.0 Å². The number of nitrogens with two attached hydrogens (primary N) is 2. The van der Waals surface area contributed by atoms with Gasteiger partial charge < -0.3 is 11.5 Å². The molecular formula is C12H12N8S. The molecule has 8 nitrogen and oxygen atoms in total. The summed E-state index contributed by atoms with van der Waals surface area (Å²) in [5.41, 5.74) is 12.0. The number of nitrogens with zero attached hydrogens (tertiary/aromatic N) is 6. The van der Waals surface area contributed by atoms with Gasteiger partial charge in [-0.3, -0.25) is 0 Å². The van der Waals surface area contributed by atoms with Crippen LogP contribution >= 0.6 is 11.8 Å². The second-order valence-corrected chi connectivity index (χ2v) is 5.01. The van der Waals surface area contributed by atoms with Crippen LogP contribution in [0.1, 0.15) is 5.82 Å². The van der Waals surface area contributed by atoms with Crippen molar-refractivity contribution in [3.8, 4) is 5.69 Å². The zero-order valence-corrected chi connectivity index (χ0v) is 11.7. The number of hydrogen-bond acceptors (Lipinski definition) is 8. The van der Waals surface area contributed by atoms with Crippen molar-refractivity contribution >= 4 is 23.7 Å². The monoisotopic (exact) mass is 300 g/mol. The van der Waals surface area contributed by atoms with Crippen LogP contribution in [-0.2, 0) is 5.75 Å². The molecule has 3 aromatic rings. The number of nitrogen functional groups attached to an aromatic ring is 2. The molecule has 0 bridgehead atoms. The first kappa shape index (κ1) is 13.3. The van der Waals surface area contributed by atoms with Crippen molar-refractivity contribution < 1.29 is 0 Å². The Kier molecular flexibility index (Phi) is 3.65. The maximum Gasteiger partial charge on any atom is 0.225 e. The van der Waals surface area contributed by atoms with Crippen molar-refractivity contribution in [3.05, 3.63) is 42.5 Å². The maximum absolute atomic E-state index is 5.52. The zero-order valence-electron chi connectivity index (χ0n) is 10.9. The van der Waals surface area contributed by atoms with E-state index >= 15 is 0 Å². The lowest BCUT2D eigenvalue weighted by Crippen LogP contribution is -2.06. The Bertz CT molecular complexity index is 722. The summed E-state index contributed by atoms with van der Waals surface area (Å²) in [5.74, 6) is 1.19. The number of rotatable bonds is 4. The highest BCUT2D eigenvalue weighted by atomic mass is 32.2. The summed E-state index contributed by atoms with van der Waals surface area (Å²) in [7, 11) is 0. The molecule has 3 rings (SSSR count). The van der Waals surface area contributed by atoms with Crippen molar-refractivity contribution in [2.45, 2.75) is 10.9 Å². The van der Waals surface area contributed by atoms with E-state index in [0.29, 0.717) is 16.7 Å². The third-order valence-corrected chi connectivity index (χ3v) is 3.39. The molecule has 2 heterocycles. The van der Waals surface area contributed by atoms with E-state index in [9.17, 15) is 0 Å². The smallest absolute Gasteiger partial charge is 0.225 e. The van der Waals surface area contributed by atoms with Crippen LogP contribution in [-0.4, -0.2) is 29.7 Å². The predicted octanol–water partition coefficient (Wildman–Crippen LogP) is 0.909. The fraction of sp³-hybridized carbons (Fsp3) is 0.0833. The summed E-state index contributed by atoms with van der Waals surface area (Å²) in [6, 6.07) is 9.75. The van der Waals surface area contributed by atoms with Gasteiger partial charge in [0.25, 0.3) is 0 Å². The van der Waals surface area contributed by atoms with Gasteiger partial charge in [0.2, 0.25) is 17.1 Å². The number of thioether (sulfide) groups is 1. The number of aromatic nitrogens is 6. The minimum Gasteiger partial charge on any atom is -0.368 e. The Balaban J connectivity index is 1.70. The summed E-state index contributed by atoms with van der Waals surface area (Å²) in [5, 5.41) is 5.00. The average Bonchev–Trinajstić information content (AvgIpc) is 2.94. The van der Waals surface area contributed by atoms with Crippen LogP contribution in [0.3, 0.4) is 0 Å². The topological polar surface area (TPSA) is 121 Å². The molecule has 2 aromatic heterocycles. The Labute approximate surface area is 124 Å². The third-order valence-electron chi connectivity index (χ3n) is 2.54. The van der Waals surface area contributed by atoms with Crippen LogP contribution in [0.25, 0.3) is 5.69 Å². The van der Waals surface area contributed by atoms with Gasteiger partial charge in [-0.05, 0) is 12.1 Å². The van der Waals surface area contributed by atoms with Crippen molar-refractivity contribution in [2.24, 2.45) is 0 Å². The molecule has 4 N–H and O–H groups in total. The van der Waals surface area contributed by atoms with E-state index in [4.69, 9.17) is 11.5 Å². The Morgan fingerprint density at radius 3 is 2.43 bits per heavy atom. The zero-order chi connectivity index (χ0) is 14.7. The molecule has 0 spiro atoms. The van der Waals surface area contributed by atoms with Crippen LogP contribution in [0.2, 0.25) is 0 Å².